The van der Waals surface area contributed by atoms with Gasteiger partial charge in [-0.05, 0) is 0 Å². The van der Waals surface area contributed by atoms with Gasteiger partial charge in [-0.15, -0.1) is 0 Å². The van der Waals surface area contributed by atoms with Crippen LogP contribution in [0.5, 0.6) is 0 Å². The van der Waals surface area contributed by atoms with E-state index in [0.29, 0.717) is 0 Å². The van der Waals surface area contributed by atoms with Crippen molar-refractivity contribution >= 4 is 5.95 Å². The summed E-state index contributed by atoms with van der Waals surface area (Å²) in [7, 11) is 0. The van der Waals surface area contributed by atoms with Gasteiger partial charge in [0, 0.05) is 31.7 Å². The summed E-state index contributed by atoms with van der Waals surface area (Å²) in [4.78, 5) is 15.2. The zero-order chi connectivity index (χ0) is 12.2. The van der Waals surface area contributed by atoms with Gasteiger partial charge in [0.1, 0.15) is 6.33 Å². The van der Waals surface area contributed by atoms with E-state index in [1.165, 1.54) is 0 Å². The first-order valence-corrected chi connectivity index (χ1v) is 6.13. The van der Waals surface area contributed by atoms with E-state index in [-0.39, 0.29) is 0 Å². The zero-order valence-corrected chi connectivity index (χ0v) is 10.1. The lowest BCUT2D eigenvalue weighted by Crippen LogP contribution is -2.44. The highest BCUT2D eigenvalue weighted by Crippen LogP contribution is 2.16. The molecule has 0 saturated carbocycles. The van der Waals surface area contributed by atoms with Gasteiger partial charge in [-0.3, -0.25) is 0 Å². The molecule has 5 heteroatoms. The fourth-order valence-electron chi connectivity index (χ4n) is 2.03. The Hall–Kier alpha value is -2.01. The third kappa shape index (κ3) is 2.31. The number of hydrogen-bond donors (Lipinski definition) is 1. The number of nitrogens with zero attached hydrogens (tertiary/aromatic N) is 4. The molecular formula is C13H15N5. The molecule has 2 heterocycles. The Balaban J connectivity index is 1.89. The van der Waals surface area contributed by atoms with Gasteiger partial charge in [0.05, 0.1) is 0 Å². The molecule has 1 saturated heterocycles. The first-order chi connectivity index (χ1) is 8.93. The molecule has 0 atom stereocenters. The van der Waals surface area contributed by atoms with Gasteiger partial charge >= 0.3 is 0 Å². The summed E-state index contributed by atoms with van der Waals surface area (Å²) in [6, 6.07) is 9.99. The van der Waals surface area contributed by atoms with Crippen molar-refractivity contribution in [2.45, 2.75) is 0 Å². The lowest BCUT2D eigenvalue weighted by Gasteiger charge is -2.27. The number of anilines is 1. The molecule has 0 radical (unpaired) electrons. The highest BCUT2D eigenvalue weighted by atomic mass is 15.3. The van der Waals surface area contributed by atoms with E-state index in [2.05, 4.69) is 25.2 Å². The Bertz CT molecular complexity index is 508. The van der Waals surface area contributed by atoms with Crippen LogP contribution in [0.2, 0.25) is 0 Å². The molecule has 0 spiro atoms. The monoisotopic (exact) mass is 241 g/mol. The van der Waals surface area contributed by atoms with Gasteiger partial charge < -0.3 is 10.2 Å². The second-order valence-corrected chi connectivity index (χ2v) is 4.21. The van der Waals surface area contributed by atoms with Crippen LogP contribution in [0, 0.1) is 0 Å². The molecule has 3 rings (SSSR count). The molecule has 18 heavy (non-hydrogen) atoms. The standard InChI is InChI=1S/C13H15N5/c1-2-4-11(5-3-1)12-15-10-16-13(17-12)18-8-6-14-7-9-18/h1-5,10,14H,6-9H2. The van der Waals surface area contributed by atoms with E-state index in [1.54, 1.807) is 6.33 Å². The van der Waals surface area contributed by atoms with E-state index < -0.39 is 0 Å². The molecule has 1 aromatic heterocycles. The molecule has 2 aromatic rings. The normalized spacial score (nSPS) is 15.7. The quantitative estimate of drug-likeness (QED) is 0.848. The van der Waals surface area contributed by atoms with Gasteiger partial charge in [0.25, 0.3) is 0 Å². The molecule has 1 aliphatic heterocycles. The van der Waals surface area contributed by atoms with Crippen molar-refractivity contribution in [3.63, 3.8) is 0 Å². The second-order valence-electron chi connectivity index (χ2n) is 4.21. The fourth-order valence-corrected chi connectivity index (χ4v) is 2.03. The van der Waals surface area contributed by atoms with Crippen LogP contribution in [0.1, 0.15) is 0 Å². The second kappa shape index (κ2) is 5.10. The summed E-state index contributed by atoms with van der Waals surface area (Å²) in [5, 5.41) is 3.32. The minimum Gasteiger partial charge on any atom is -0.338 e. The van der Waals surface area contributed by atoms with Gasteiger partial charge in [-0.2, -0.15) is 4.98 Å². The molecule has 0 bridgehead atoms. The summed E-state index contributed by atoms with van der Waals surface area (Å²) < 4.78 is 0. The number of hydrogen-bond acceptors (Lipinski definition) is 5. The van der Waals surface area contributed by atoms with Crippen LogP contribution in [0.15, 0.2) is 36.7 Å². The average Bonchev–Trinajstić information content (AvgIpc) is 2.49. The molecule has 0 amide bonds. The van der Waals surface area contributed by atoms with Crippen LogP contribution in [0.4, 0.5) is 5.95 Å². The Labute approximate surface area is 106 Å². The molecule has 1 fully saturated rings. The number of aromatic nitrogens is 3. The van der Waals surface area contributed by atoms with E-state index in [9.17, 15) is 0 Å². The maximum atomic E-state index is 4.54. The predicted octanol–water partition coefficient (Wildman–Crippen LogP) is 0.948. The van der Waals surface area contributed by atoms with Gasteiger partial charge in [-0.25, -0.2) is 9.97 Å². The van der Waals surface area contributed by atoms with Gasteiger partial charge in [-0.1, -0.05) is 30.3 Å². The first kappa shape index (κ1) is 11.1. The Morgan fingerprint density at radius 3 is 2.56 bits per heavy atom. The SMILES string of the molecule is c1ccc(-c2ncnc(N3CCNCC3)n2)cc1. The van der Waals surface area contributed by atoms with E-state index in [4.69, 9.17) is 0 Å². The maximum absolute atomic E-state index is 4.54. The summed E-state index contributed by atoms with van der Waals surface area (Å²) in [6.45, 7) is 3.84. The van der Waals surface area contributed by atoms with Crippen LogP contribution in [0.3, 0.4) is 0 Å². The summed E-state index contributed by atoms with van der Waals surface area (Å²) in [6.07, 6.45) is 1.59. The molecular weight excluding hydrogens is 226 g/mol. The van der Waals surface area contributed by atoms with Crippen LogP contribution < -0.4 is 10.2 Å². The molecule has 0 unspecified atom stereocenters. The van der Waals surface area contributed by atoms with Crippen LogP contribution in [0.25, 0.3) is 11.4 Å². The van der Waals surface area contributed by atoms with Crippen LogP contribution in [-0.2, 0) is 0 Å². The highest BCUT2D eigenvalue weighted by Gasteiger charge is 2.13. The lowest BCUT2D eigenvalue weighted by molar-refractivity contribution is 0.579. The molecule has 1 N–H and O–H groups in total. The molecule has 1 aromatic carbocycles. The Morgan fingerprint density at radius 2 is 1.78 bits per heavy atom. The number of nitrogens with one attached hydrogen (secondary N) is 1. The minimum absolute atomic E-state index is 0.735. The summed E-state index contributed by atoms with van der Waals surface area (Å²) >= 11 is 0. The average molecular weight is 241 g/mol. The minimum atomic E-state index is 0.735. The lowest BCUT2D eigenvalue weighted by atomic mass is 10.2. The van der Waals surface area contributed by atoms with Crippen molar-refractivity contribution in [2.75, 3.05) is 31.1 Å². The van der Waals surface area contributed by atoms with Crippen molar-refractivity contribution in [1.82, 2.24) is 20.3 Å². The number of piperazine rings is 1. The van der Waals surface area contributed by atoms with Gasteiger partial charge in [0.2, 0.25) is 5.95 Å². The first-order valence-electron chi connectivity index (χ1n) is 6.13. The Morgan fingerprint density at radius 1 is 1.00 bits per heavy atom. The molecule has 5 nitrogen and oxygen atoms in total. The van der Waals surface area contributed by atoms with Crippen molar-refractivity contribution in [1.29, 1.82) is 0 Å². The maximum Gasteiger partial charge on any atom is 0.228 e. The smallest absolute Gasteiger partial charge is 0.228 e. The summed E-state index contributed by atoms with van der Waals surface area (Å²) in [5.41, 5.74) is 1.02. The third-order valence-corrected chi connectivity index (χ3v) is 2.99. The predicted molar refractivity (Wildman–Crippen MR) is 70.3 cm³/mol. The van der Waals surface area contributed by atoms with E-state index in [1.807, 2.05) is 30.3 Å². The van der Waals surface area contributed by atoms with Crippen LogP contribution in [-0.4, -0.2) is 41.1 Å². The number of rotatable bonds is 2. The van der Waals surface area contributed by atoms with Crippen LogP contribution >= 0.6 is 0 Å². The molecule has 0 aliphatic carbocycles. The largest absolute Gasteiger partial charge is 0.338 e. The third-order valence-electron chi connectivity index (χ3n) is 2.99. The fraction of sp³-hybridized carbons (Fsp3) is 0.308. The van der Waals surface area contributed by atoms with Gasteiger partial charge in [0.15, 0.2) is 5.82 Å². The van der Waals surface area contributed by atoms with Crippen molar-refractivity contribution in [3.05, 3.63) is 36.7 Å². The van der Waals surface area contributed by atoms with E-state index >= 15 is 0 Å². The zero-order valence-electron chi connectivity index (χ0n) is 10.1. The van der Waals surface area contributed by atoms with E-state index in [0.717, 1.165) is 43.5 Å². The van der Waals surface area contributed by atoms with Crippen molar-refractivity contribution in [2.24, 2.45) is 0 Å². The van der Waals surface area contributed by atoms with Crippen molar-refractivity contribution < 1.29 is 0 Å². The number of benzene rings is 1. The highest BCUT2D eigenvalue weighted by molar-refractivity contribution is 5.55. The molecule has 1 aliphatic rings. The topological polar surface area (TPSA) is 53.9 Å². The molecule has 92 valence electrons. The summed E-state index contributed by atoms with van der Waals surface area (Å²) in [5.74, 6) is 1.50. The van der Waals surface area contributed by atoms with Crippen molar-refractivity contribution in [3.8, 4) is 11.4 Å². The Kier molecular flexibility index (Phi) is 3.14.